The summed E-state index contributed by atoms with van der Waals surface area (Å²) in [6.07, 6.45) is 3.07. The zero-order valence-corrected chi connectivity index (χ0v) is 8.67. The lowest BCUT2D eigenvalue weighted by molar-refractivity contribution is -0.136. The van der Waals surface area contributed by atoms with Gasteiger partial charge >= 0.3 is 5.97 Å². The molecule has 15 heavy (non-hydrogen) atoms. The fraction of sp³-hybridized carbons (Fsp3) is 0.182. The second kappa shape index (κ2) is 5.51. The van der Waals surface area contributed by atoms with Crippen molar-refractivity contribution in [1.82, 2.24) is 0 Å². The topological polar surface area (TPSA) is 37.3 Å². The summed E-state index contributed by atoms with van der Waals surface area (Å²) in [5, 5.41) is 8.50. The highest BCUT2D eigenvalue weighted by Crippen LogP contribution is 2.12. The van der Waals surface area contributed by atoms with Crippen LogP contribution in [-0.4, -0.2) is 17.0 Å². The second-order valence-electron chi connectivity index (χ2n) is 2.98. The molecule has 0 heterocycles. The monoisotopic (exact) mass is 228 g/mol. The van der Waals surface area contributed by atoms with E-state index in [-0.39, 0.29) is 12.0 Å². The Kier molecular flexibility index (Phi) is 4.31. The lowest BCUT2D eigenvalue weighted by Crippen LogP contribution is -2.02. The van der Waals surface area contributed by atoms with E-state index in [4.69, 9.17) is 16.7 Å². The first-order chi connectivity index (χ1) is 7.13. The van der Waals surface area contributed by atoms with E-state index >= 15 is 0 Å². The molecule has 0 spiro atoms. The van der Waals surface area contributed by atoms with Crippen molar-refractivity contribution in [3.8, 4) is 0 Å². The fourth-order valence-electron chi connectivity index (χ4n) is 1.15. The van der Waals surface area contributed by atoms with E-state index in [1.807, 2.05) is 0 Å². The molecular formula is C11H10ClFO2. The van der Waals surface area contributed by atoms with E-state index in [1.54, 1.807) is 18.2 Å². The SMILES string of the molecule is O=C(O)Cc1ccc(C=CCCl)cc1F. The van der Waals surface area contributed by atoms with Gasteiger partial charge in [0.25, 0.3) is 0 Å². The molecule has 0 saturated carbocycles. The van der Waals surface area contributed by atoms with Gasteiger partial charge in [-0.3, -0.25) is 4.79 Å². The first-order valence-corrected chi connectivity index (χ1v) is 4.89. The number of carboxylic acid groups (broad SMARTS) is 1. The number of hydrogen-bond acceptors (Lipinski definition) is 1. The highest BCUT2D eigenvalue weighted by molar-refractivity contribution is 6.19. The van der Waals surface area contributed by atoms with Crippen molar-refractivity contribution >= 4 is 23.6 Å². The van der Waals surface area contributed by atoms with E-state index in [0.717, 1.165) is 0 Å². The summed E-state index contributed by atoms with van der Waals surface area (Å²) in [6.45, 7) is 0. The third kappa shape index (κ3) is 3.72. The summed E-state index contributed by atoms with van der Waals surface area (Å²) in [4.78, 5) is 10.4. The van der Waals surface area contributed by atoms with Crippen molar-refractivity contribution in [2.24, 2.45) is 0 Å². The van der Waals surface area contributed by atoms with Crippen LogP contribution in [0.5, 0.6) is 0 Å². The van der Waals surface area contributed by atoms with Gasteiger partial charge in [0.1, 0.15) is 5.82 Å². The van der Waals surface area contributed by atoms with Gasteiger partial charge < -0.3 is 5.11 Å². The van der Waals surface area contributed by atoms with E-state index in [1.165, 1.54) is 12.1 Å². The van der Waals surface area contributed by atoms with Crippen molar-refractivity contribution in [1.29, 1.82) is 0 Å². The van der Waals surface area contributed by atoms with Crippen molar-refractivity contribution in [3.63, 3.8) is 0 Å². The Labute approximate surface area is 92.0 Å². The molecule has 4 heteroatoms. The highest BCUT2D eigenvalue weighted by Gasteiger charge is 2.06. The molecule has 0 aliphatic heterocycles. The average molecular weight is 229 g/mol. The zero-order chi connectivity index (χ0) is 11.3. The van der Waals surface area contributed by atoms with E-state index in [0.29, 0.717) is 11.4 Å². The molecule has 0 bridgehead atoms. The maximum atomic E-state index is 13.3. The molecule has 0 fully saturated rings. The van der Waals surface area contributed by atoms with Crippen LogP contribution in [0.3, 0.4) is 0 Å². The number of carboxylic acids is 1. The van der Waals surface area contributed by atoms with Crippen molar-refractivity contribution in [2.75, 3.05) is 5.88 Å². The Morgan fingerprint density at radius 2 is 2.27 bits per heavy atom. The molecule has 0 saturated heterocycles. The third-order valence-electron chi connectivity index (χ3n) is 1.82. The molecule has 1 rings (SSSR count). The van der Waals surface area contributed by atoms with E-state index in [2.05, 4.69) is 0 Å². The number of hydrogen-bond donors (Lipinski definition) is 1. The quantitative estimate of drug-likeness (QED) is 0.805. The Morgan fingerprint density at radius 1 is 1.53 bits per heavy atom. The van der Waals surface area contributed by atoms with Gasteiger partial charge in [0, 0.05) is 5.88 Å². The smallest absolute Gasteiger partial charge is 0.307 e. The molecule has 0 aromatic heterocycles. The number of halogens is 2. The van der Waals surface area contributed by atoms with Gasteiger partial charge in [0.2, 0.25) is 0 Å². The van der Waals surface area contributed by atoms with Crippen LogP contribution in [-0.2, 0) is 11.2 Å². The maximum absolute atomic E-state index is 13.3. The molecule has 1 aromatic rings. The first-order valence-electron chi connectivity index (χ1n) is 4.36. The van der Waals surface area contributed by atoms with Crippen LogP contribution in [0.4, 0.5) is 4.39 Å². The third-order valence-corrected chi connectivity index (χ3v) is 2.00. The normalized spacial score (nSPS) is 10.8. The van der Waals surface area contributed by atoms with Gasteiger partial charge in [0.15, 0.2) is 0 Å². The summed E-state index contributed by atoms with van der Waals surface area (Å²) >= 11 is 5.43. The van der Waals surface area contributed by atoms with Gasteiger partial charge in [0.05, 0.1) is 6.42 Å². The molecule has 0 aliphatic rings. The number of aliphatic carboxylic acids is 1. The number of allylic oxidation sites excluding steroid dienone is 1. The summed E-state index contributed by atoms with van der Waals surface area (Å²) in [6, 6.07) is 4.42. The van der Waals surface area contributed by atoms with E-state index < -0.39 is 11.8 Å². The van der Waals surface area contributed by atoms with Crippen LogP contribution in [0.2, 0.25) is 0 Å². The number of benzene rings is 1. The maximum Gasteiger partial charge on any atom is 0.307 e. The second-order valence-corrected chi connectivity index (χ2v) is 3.29. The minimum Gasteiger partial charge on any atom is -0.481 e. The Balaban J connectivity index is 2.87. The number of alkyl halides is 1. The van der Waals surface area contributed by atoms with Crippen LogP contribution in [0.15, 0.2) is 24.3 Å². The largest absolute Gasteiger partial charge is 0.481 e. The molecule has 0 amide bonds. The standard InChI is InChI=1S/C11H10ClFO2/c12-5-1-2-8-3-4-9(7-11(14)15)10(13)6-8/h1-4,6H,5,7H2,(H,14,15). The number of carbonyl (C=O) groups is 1. The molecule has 1 N–H and O–H groups in total. The van der Waals surface area contributed by atoms with Gasteiger partial charge in [-0.1, -0.05) is 24.3 Å². The summed E-state index contributed by atoms with van der Waals surface area (Å²) in [5.74, 6) is -1.19. The minimum atomic E-state index is -1.04. The Morgan fingerprint density at radius 3 is 2.80 bits per heavy atom. The van der Waals surface area contributed by atoms with Gasteiger partial charge in [-0.2, -0.15) is 0 Å². The van der Waals surface area contributed by atoms with Crippen molar-refractivity contribution in [2.45, 2.75) is 6.42 Å². The molecular weight excluding hydrogens is 219 g/mol. The predicted octanol–water partition coefficient (Wildman–Crippen LogP) is 2.70. The van der Waals surface area contributed by atoms with E-state index in [9.17, 15) is 9.18 Å². The average Bonchev–Trinajstić information content (AvgIpc) is 2.18. The van der Waals surface area contributed by atoms with Gasteiger partial charge in [-0.15, -0.1) is 11.6 Å². The Bertz CT molecular complexity index is 388. The lowest BCUT2D eigenvalue weighted by Gasteiger charge is -2.00. The predicted molar refractivity (Wildman–Crippen MR) is 57.5 cm³/mol. The molecule has 0 radical (unpaired) electrons. The zero-order valence-electron chi connectivity index (χ0n) is 7.91. The summed E-state index contributed by atoms with van der Waals surface area (Å²) in [7, 11) is 0. The number of rotatable bonds is 4. The molecule has 0 atom stereocenters. The van der Waals surface area contributed by atoms with Gasteiger partial charge in [-0.25, -0.2) is 4.39 Å². The van der Waals surface area contributed by atoms with Crippen LogP contribution in [0, 0.1) is 5.82 Å². The molecule has 80 valence electrons. The van der Waals surface area contributed by atoms with Crippen LogP contribution >= 0.6 is 11.6 Å². The fourth-order valence-corrected chi connectivity index (χ4v) is 1.24. The summed E-state index contributed by atoms with van der Waals surface area (Å²) < 4.78 is 13.3. The summed E-state index contributed by atoms with van der Waals surface area (Å²) in [5.41, 5.74) is 0.854. The van der Waals surface area contributed by atoms with Crippen LogP contribution in [0.1, 0.15) is 11.1 Å². The Hall–Kier alpha value is -1.35. The van der Waals surface area contributed by atoms with Gasteiger partial charge in [-0.05, 0) is 17.2 Å². The van der Waals surface area contributed by atoms with Crippen molar-refractivity contribution in [3.05, 3.63) is 41.2 Å². The first kappa shape index (κ1) is 11.7. The molecule has 1 aromatic carbocycles. The molecule has 0 unspecified atom stereocenters. The van der Waals surface area contributed by atoms with Crippen molar-refractivity contribution < 1.29 is 14.3 Å². The molecule has 2 nitrogen and oxygen atoms in total. The van der Waals surface area contributed by atoms with Crippen LogP contribution < -0.4 is 0 Å². The minimum absolute atomic E-state index is 0.186. The highest BCUT2D eigenvalue weighted by atomic mass is 35.5. The molecule has 0 aliphatic carbocycles. The van der Waals surface area contributed by atoms with Crippen LogP contribution in [0.25, 0.3) is 6.08 Å². The lowest BCUT2D eigenvalue weighted by atomic mass is 10.1.